The third-order valence-corrected chi connectivity index (χ3v) is 9.41. The van der Waals surface area contributed by atoms with Gasteiger partial charge in [-0.05, 0) is 42.8 Å². The summed E-state index contributed by atoms with van der Waals surface area (Å²) >= 11 is 0. The molecule has 0 fully saturated rings. The lowest BCUT2D eigenvalue weighted by atomic mass is 10.1. The van der Waals surface area contributed by atoms with Crippen LogP contribution in [0.15, 0.2) is 40.1 Å². The highest BCUT2D eigenvalue weighted by atomic mass is 32.2. The highest BCUT2D eigenvalue weighted by Gasteiger charge is 2.57. The Kier molecular flexibility index (Phi) is 8.01. The monoisotopic (exact) mass is 652 g/mol. The molecule has 0 aliphatic rings. The van der Waals surface area contributed by atoms with Gasteiger partial charge in [0, 0.05) is 0 Å². The third-order valence-electron chi connectivity index (χ3n) is 4.89. The number of benzene rings is 2. The van der Waals surface area contributed by atoms with Gasteiger partial charge in [-0.3, -0.25) is 13.7 Å². The van der Waals surface area contributed by atoms with Crippen LogP contribution in [0.3, 0.4) is 0 Å². The van der Waals surface area contributed by atoms with E-state index in [2.05, 4.69) is 4.74 Å². The van der Waals surface area contributed by atoms with Crippen molar-refractivity contribution in [2.75, 3.05) is 7.11 Å². The van der Waals surface area contributed by atoms with E-state index in [4.69, 9.17) is 13.7 Å². The van der Waals surface area contributed by atoms with Crippen LogP contribution in [0.2, 0.25) is 0 Å². The number of hydrogen-bond donors (Lipinski definition) is 3. The van der Waals surface area contributed by atoms with Crippen molar-refractivity contribution in [2.24, 2.45) is 0 Å². The highest BCUT2D eigenvalue weighted by Crippen LogP contribution is 2.48. The topological polar surface area (TPSA) is 206 Å². The maximum absolute atomic E-state index is 14.8. The molecule has 0 amide bonds. The van der Waals surface area contributed by atoms with Crippen LogP contribution >= 0.6 is 0 Å². The molecular weight excluding hydrogens is 638 g/mol. The van der Waals surface area contributed by atoms with E-state index in [0.717, 1.165) is 7.11 Å². The molecule has 0 aromatic heterocycles. The second kappa shape index (κ2) is 9.55. The van der Waals surface area contributed by atoms with Crippen molar-refractivity contribution in [2.45, 2.75) is 32.5 Å². The Labute approximate surface area is 216 Å². The quantitative estimate of drug-likeness (QED) is 0.264. The molecule has 0 saturated heterocycles. The number of halogens is 6. The molecule has 0 atom stereocenters. The molecule has 0 saturated carbocycles. The van der Waals surface area contributed by atoms with Gasteiger partial charge in [0.15, 0.2) is 0 Å². The lowest BCUT2D eigenvalue weighted by Crippen LogP contribution is -2.33. The summed E-state index contributed by atoms with van der Waals surface area (Å²) in [6.45, 7) is 0.634. The molecule has 0 aliphatic heterocycles. The fourth-order valence-electron chi connectivity index (χ4n) is 3.12. The molecule has 2 rings (SSSR count). The summed E-state index contributed by atoms with van der Waals surface area (Å²) in [6.07, 6.45) is 0. The van der Waals surface area contributed by atoms with Crippen LogP contribution in [0.25, 0.3) is 0 Å². The molecule has 3 N–H and O–H groups in total. The summed E-state index contributed by atoms with van der Waals surface area (Å²) in [7, 11) is -25.9. The van der Waals surface area contributed by atoms with Crippen molar-refractivity contribution in [1.29, 1.82) is 0 Å². The van der Waals surface area contributed by atoms with Gasteiger partial charge < -0.3 is 4.74 Å². The van der Waals surface area contributed by atoms with Gasteiger partial charge in [-0.1, -0.05) is 0 Å². The Hall–Kier alpha value is -2.50. The first kappa shape index (κ1) is 32.7. The molecule has 220 valence electrons. The molecule has 22 heteroatoms. The van der Waals surface area contributed by atoms with E-state index < -0.39 is 93.7 Å². The van der Waals surface area contributed by atoms with Crippen LogP contribution in [-0.2, 0) is 56.0 Å². The Morgan fingerprint density at radius 2 is 1.00 bits per heavy atom. The lowest BCUT2D eigenvalue weighted by molar-refractivity contribution is 0.0655. The Bertz CT molecular complexity index is 1700. The molecule has 2 aromatic carbocycles. The summed E-state index contributed by atoms with van der Waals surface area (Å²) in [5.41, 5.74) is -8.41. The smallest absolute Gasteiger partial charge is 0.396 e. The molecule has 0 aliphatic carbocycles. The zero-order chi connectivity index (χ0) is 30.8. The predicted molar refractivity (Wildman–Crippen MR) is 116 cm³/mol. The number of alkyl halides is 6. The minimum atomic E-state index is -6.77. The number of ether oxygens (including phenoxy) is 1. The van der Waals surface area contributed by atoms with E-state index in [1.54, 1.807) is 0 Å². The number of sulfone groups is 1. The minimum Gasteiger partial charge on any atom is -0.497 e. The fourth-order valence-corrected chi connectivity index (χ4v) is 6.54. The second-order valence-electron chi connectivity index (χ2n) is 7.53. The first-order valence-corrected chi connectivity index (χ1v) is 15.1. The molecule has 0 bridgehead atoms. The van der Waals surface area contributed by atoms with E-state index >= 15 is 0 Å². The summed E-state index contributed by atoms with van der Waals surface area (Å²) in [5, 5.41) is -17.3. The van der Waals surface area contributed by atoms with Gasteiger partial charge in [0.05, 0.1) is 33.6 Å². The molecule has 0 spiro atoms. The van der Waals surface area contributed by atoms with Crippen molar-refractivity contribution >= 4 is 40.2 Å². The molecule has 12 nitrogen and oxygen atoms in total. The first-order valence-electron chi connectivity index (χ1n) is 9.29. The molecule has 2 aromatic rings. The molecular formula is C17H14F6O12S4. The van der Waals surface area contributed by atoms with Gasteiger partial charge in [0.2, 0.25) is 9.84 Å². The minimum absolute atomic E-state index is 0.00676. The number of hydrogen-bond acceptors (Lipinski definition) is 9. The summed E-state index contributed by atoms with van der Waals surface area (Å²) < 4.78 is 215. The standard InChI is InChI=1S/C17H14F6O12S4/c1-8-5-11(16(20,21)38(29,30)31)14(12(6-8)17(22,23)39(32,33)34)36(24,25)13-4-3-9(35-2)7-10(13)15(18,19)37(26,27)28/h3-7H,1-2H3,(H,26,27,28)(H,29,30,31)(H,32,33,34). The maximum atomic E-state index is 14.8. The van der Waals surface area contributed by atoms with Crippen molar-refractivity contribution in [3.8, 4) is 5.75 Å². The van der Waals surface area contributed by atoms with E-state index in [9.17, 15) is 60.0 Å². The lowest BCUT2D eigenvalue weighted by Gasteiger charge is -2.25. The molecule has 39 heavy (non-hydrogen) atoms. The SMILES string of the molecule is COc1ccc(S(=O)(=O)c2c(C(F)(F)S(=O)(=O)O)cc(C)cc2C(F)(F)S(=O)(=O)O)c(C(F)(F)S(=O)(=O)O)c1. The number of aryl methyl sites for hydroxylation is 1. The van der Waals surface area contributed by atoms with Crippen LogP contribution in [0.5, 0.6) is 5.75 Å². The highest BCUT2D eigenvalue weighted by molar-refractivity contribution is 7.92. The van der Waals surface area contributed by atoms with E-state index in [0.29, 0.717) is 13.0 Å². The maximum Gasteiger partial charge on any atom is 0.396 e. The van der Waals surface area contributed by atoms with E-state index in [1.165, 1.54) is 0 Å². The van der Waals surface area contributed by atoms with Crippen molar-refractivity contribution in [3.05, 3.63) is 52.6 Å². The summed E-state index contributed by atoms with van der Waals surface area (Å²) in [5.74, 6) is -0.761. The zero-order valence-electron chi connectivity index (χ0n) is 18.8. The van der Waals surface area contributed by atoms with Crippen LogP contribution < -0.4 is 4.74 Å². The Balaban J connectivity index is 3.35. The molecule has 0 unspecified atom stereocenters. The van der Waals surface area contributed by atoms with Crippen LogP contribution in [0.4, 0.5) is 26.3 Å². The van der Waals surface area contributed by atoms with Gasteiger partial charge in [-0.2, -0.15) is 51.6 Å². The van der Waals surface area contributed by atoms with Gasteiger partial charge in [0.25, 0.3) is 0 Å². The predicted octanol–water partition coefficient (Wildman–Crippen LogP) is 2.65. The average molecular weight is 653 g/mol. The second-order valence-corrected chi connectivity index (χ2v) is 13.8. The van der Waals surface area contributed by atoms with Gasteiger partial charge in [-0.25, -0.2) is 8.42 Å². The van der Waals surface area contributed by atoms with Crippen LogP contribution in [-0.4, -0.2) is 54.4 Å². The zero-order valence-corrected chi connectivity index (χ0v) is 22.1. The summed E-state index contributed by atoms with van der Waals surface area (Å²) in [6, 6.07) is 0.0950. The van der Waals surface area contributed by atoms with Gasteiger partial charge in [0.1, 0.15) is 5.75 Å². The average Bonchev–Trinajstić information content (AvgIpc) is 2.75. The third kappa shape index (κ3) is 5.45. The first-order chi connectivity index (χ1) is 17.2. The van der Waals surface area contributed by atoms with E-state index in [-0.39, 0.29) is 24.3 Å². The van der Waals surface area contributed by atoms with Gasteiger partial charge in [-0.15, -0.1) is 0 Å². The fraction of sp³-hybridized carbons (Fsp3) is 0.294. The van der Waals surface area contributed by atoms with Gasteiger partial charge >= 0.3 is 46.1 Å². The Morgan fingerprint density at radius 3 is 1.33 bits per heavy atom. The number of methoxy groups -OCH3 is 1. The van der Waals surface area contributed by atoms with Crippen molar-refractivity contribution in [1.82, 2.24) is 0 Å². The Morgan fingerprint density at radius 1 is 0.641 bits per heavy atom. The molecule has 0 heterocycles. The van der Waals surface area contributed by atoms with E-state index in [1.807, 2.05) is 0 Å². The molecule has 0 radical (unpaired) electrons. The van der Waals surface area contributed by atoms with Crippen LogP contribution in [0.1, 0.15) is 22.3 Å². The summed E-state index contributed by atoms with van der Waals surface area (Å²) in [4.78, 5) is -4.87. The number of rotatable bonds is 9. The largest absolute Gasteiger partial charge is 0.497 e. The van der Waals surface area contributed by atoms with Crippen LogP contribution in [0, 0.1) is 6.92 Å². The normalized spacial score (nSPS) is 14.3. The van der Waals surface area contributed by atoms with Crippen molar-refractivity contribution in [3.63, 3.8) is 0 Å². The van der Waals surface area contributed by atoms with Crippen molar-refractivity contribution < 1.29 is 78.4 Å².